The van der Waals surface area contributed by atoms with Crippen LogP contribution in [0.5, 0.6) is 0 Å². The lowest BCUT2D eigenvalue weighted by molar-refractivity contribution is -0.140. The van der Waals surface area contributed by atoms with Crippen molar-refractivity contribution in [3.05, 3.63) is 22.1 Å². The number of carbonyl (C=O) groups excluding carboxylic acids is 2. The van der Waals surface area contributed by atoms with E-state index in [1.807, 2.05) is 0 Å². The second-order valence-electron chi connectivity index (χ2n) is 3.87. The van der Waals surface area contributed by atoms with E-state index in [4.69, 9.17) is 9.84 Å². The van der Waals surface area contributed by atoms with Crippen LogP contribution in [0, 0.1) is 6.92 Å². The molecule has 0 saturated carbocycles. The highest BCUT2D eigenvalue weighted by Gasteiger charge is 2.21. The molecule has 0 spiro atoms. The molecule has 21 heavy (non-hydrogen) atoms. The molecule has 1 aromatic heterocycles. The van der Waals surface area contributed by atoms with Gasteiger partial charge in [0.1, 0.15) is 6.04 Å². The topological polar surface area (TPSA) is 136 Å². The van der Waals surface area contributed by atoms with Gasteiger partial charge in [-0.3, -0.25) is 4.79 Å². The van der Waals surface area contributed by atoms with E-state index in [2.05, 4.69) is 14.2 Å². The fraction of sp³-hybridized carbons (Fsp3) is 0.455. The number of amides is 1. The third-order valence-corrected chi connectivity index (χ3v) is 3.05. The zero-order valence-corrected chi connectivity index (χ0v) is 12.0. The normalized spacial score (nSPS) is 11.7. The number of rotatable bonds is 6. The van der Waals surface area contributed by atoms with Crippen LogP contribution >= 0.6 is 11.8 Å². The minimum Gasteiger partial charge on any atom is -0.480 e. The molecule has 0 bridgehead atoms. The first-order valence-electron chi connectivity index (χ1n) is 5.68. The quantitative estimate of drug-likeness (QED) is 0.718. The van der Waals surface area contributed by atoms with Gasteiger partial charge in [0.25, 0.3) is 0 Å². The Morgan fingerprint density at radius 3 is 2.52 bits per heavy atom. The van der Waals surface area contributed by atoms with E-state index in [9.17, 15) is 19.2 Å². The summed E-state index contributed by atoms with van der Waals surface area (Å²) >= 11 is 0.580. The van der Waals surface area contributed by atoms with Crippen molar-refractivity contribution in [3.8, 4) is 0 Å². The lowest BCUT2D eigenvalue weighted by Gasteiger charge is -2.11. The largest absolute Gasteiger partial charge is 0.519 e. The maximum Gasteiger partial charge on any atom is 0.519 e. The molecule has 0 aromatic carbocycles. The van der Waals surface area contributed by atoms with Crippen molar-refractivity contribution < 1.29 is 33.1 Å². The standard InChI is InChI=1S/C11H13NO8S/c1-5-8(20-10(16)19-5)3-18-11(17)21-4-7(9(14)15)12-6(2)13/h7H,3-4H2,1-2H3,(H,12,13)(H,14,15)/t7-/m0/s1. The van der Waals surface area contributed by atoms with E-state index in [1.54, 1.807) is 0 Å². The summed E-state index contributed by atoms with van der Waals surface area (Å²) in [6, 6.07) is -1.20. The molecule has 0 aliphatic rings. The Bertz CT molecular complexity index is 589. The van der Waals surface area contributed by atoms with Crippen LogP contribution in [0.3, 0.4) is 0 Å². The van der Waals surface area contributed by atoms with Gasteiger partial charge in [-0.1, -0.05) is 0 Å². The summed E-state index contributed by atoms with van der Waals surface area (Å²) in [7, 11) is 0. The van der Waals surface area contributed by atoms with Gasteiger partial charge in [0.2, 0.25) is 5.91 Å². The SMILES string of the molecule is CC(=O)N[C@@H](CSC(=O)OCc1oc(=O)oc1C)C(=O)O. The Kier molecular flexibility index (Phi) is 6.03. The number of carboxylic acids is 1. The van der Waals surface area contributed by atoms with Crippen LogP contribution in [0.15, 0.2) is 13.6 Å². The predicted molar refractivity (Wildman–Crippen MR) is 69.9 cm³/mol. The average molecular weight is 319 g/mol. The summed E-state index contributed by atoms with van der Waals surface area (Å²) in [5.74, 6) is -2.61. The molecule has 1 aromatic rings. The molecular weight excluding hydrogens is 306 g/mol. The smallest absolute Gasteiger partial charge is 0.480 e. The maximum absolute atomic E-state index is 11.4. The molecule has 0 aliphatic carbocycles. The number of hydrogen-bond acceptors (Lipinski definition) is 8. The van der Waals surface area contributed by atoms with Crippen molar-refractivity contribution in [3.63, 3.8) is 0 Å². The second kappa shape index (κ2) is 7.53. The first-order valence-corrected chi connectivity index (χ1v) is 6.67. The lowest BCUT2D eigenvalue weighted by Crippen LogP contribution is -2.41. The third-order valence-electron chi connectivity index (χ3n) is 2.20. The summed E-state index contributed by atoms with van der Waals surface area (Å²) in [4.78, 5) is 43.8. The van der Waals surface area contributed by atoms with Crippen molar-refractivity contribution in [2.75, 3.05) is 5.75 Å². The molecular formula is C11H13NO8S. The Labute approximate surface area is 122 Å². The highest BCUT2D eigenvalue weighted by atomic mass is 32.2. The van der Waals surface area contributed by atoms with Gasteiger partial charge in [-0.15, -0.1) is 0 Å². The van der Waals surface area contributed by atoms with Gasteiger partial charge in [0.15, 0.2) is 18.1 Å². The second-order valence-corrected chi connectivity index (χ2v) is 4.83. The number of thioether (sulfide) groups is 1. The van der Waals surface area contributed by atoms with E-state index in [1.165, 1.54) is 13.8 Å². The molecule has 116 valence electrons. The first kappa shape index (κ1) is 16.8. The predicted octanol–water partition coefficient (Wildman–Crippen LogP) is 0.500. The molecule has 9 nitrogen and oxygen atoms in total. The molecule has 2 N–H and O–H groups in total. The van der Waals surface area contributed by atoms with Crippen LogP contribution in [0.4, 0.5) is 4.79 Å². The van der Waals surface area contributed by atoms with Gasteiger partial charge in [-0.05, 0) is 18.7 Å². The third kappa shape index (κ3) is 5.73. The Hall–Kier alpha value is -2.23. The lowest BCUT2D eigenvalue weighted by atomic mass is 10.3. The highest BCUT2D eigenvalue weighted by molar-refractivity contribution is 8.13. The van der Waals surface area contributed by atoms with Gasteiger partial charge in [0.05, 0.1) is 0 Å². The van der Waals surface area contributed by atoms with Crippen LogP contribution in [0.1, 0.15) is 18.4 Å². The molecule has 0 unspecified atom stereocenters. The van der Waals surface area contributed by atoms with Crippen LogP contribution in [-0.2, 0) is 20.9 Å². The van der Waals surface area contributed by atoms with Crippen molar-refractivity contribution in [2.45, 2.75) is 26.5 Å². The van der Waals surface area contributed by atoms with Gasteiger partial charge in [0, 0.05) is 12.7 Å². The Morgan fingerprint density at radius 2 is 2.05 bits per heavy atom. The van der Waals surface area contributed by atoms with Crippen LogP contribution in [0.25, 0.3) is 0 Å². The summed E-state index contributed by atoms with van der Waals surface area (Å²) in [6.07, 6.45) is 0. The molecule has 1 amide bonds. The molecule has 0 aliphatic heterocycles. The summed E-state index contributed by atoms with van der Waals surface area (Å²) in [5.41, 5.74) is 0. The number of aryl methyl sites for hydroxylation is 1. The molecule has 0 radical (unpaired) electrons. The van der Waals surface area contributed by atoms with Crippen molar-refractivity contribution >= 4 is 28.9 Å². The van der Waals surface area contributed by atoms with E-state index >= 15 is 0 Å². The van der Waals surface area contributed by atoms with Gasteiger partial charge in [-0.2, -0.15) is 0 Å². The number of ether oxygens (including phenoxy) is 1. The Morgan fingerprint density at radius 1 is 1.38 bits per heavy atom. The molecule has 0 saturated heterocycles. The highest BCUT2D eigenvalue weighted by Crippen LogP contribution is 2.12. The van der Waals surface area contributed by atoms with E-state index in [0.29, 0.717) is 11.8 Å². The number of nitrogens with one attached hydrogen (secondary N) is 1. The Balaban J connectivity index is 2.42. The minimum atomic E-state index is -1.26. The van der Waals surface area contributed by atoms with Gasteiger partial charge < -0.3 is 24.0 Å². The summed E-state index contributed by atoms with van der Waals surface area (Å²) < 4.78 is 14.0. The monoisotopic (exact) mass is 319 g/mol. The van der Waals surface area contributed by atoms with Gasteiger partial charge in [-0.25, -0.2) is 14.4 Å². The molecule has 10 heteroatoms. The summed E-state index contributed by atoms with van der Waals surface area (Å²) in [5, 5.41) is 10.3. The van der Waals surface area contributed by atoms with Crippen LogP contribution in [0.2, 0.25) is 0 Å². The fourth-order valence-corrected chi connectivity index (χ4v) is 1.91. The van der Waals surface area contributed by atoms with E-state index in [-0.39, 0.29) is 23.9 Å². The summed E-state index contributed by atoms with van der Waals surface area (Å²) in [6.45, 7) is 2.34. The van der Waals surface area contributed by atoms with Crippen molar-refractivity contribution in [1.82, 2.24) is 5.32 Å². The zero-order chi connectivity index (χ0) is 16.0. The number of carbonyl (C=O) groups is 3. The van der Waals surface area contributed by atoms with Gasteiger partial charge >= 0.3 is 17.1 Å². The first-order chi connectivity index (χ1) is 9.79. The molecule has 1 heterocycles. The molecule has 0 fully saturated rings. The van der Waals surface area contributed by atoms with Crippen LogP contribution in [-0.4, -0.2) is 34.1 Å². The van der Waals surface area contributed by atoms with Crippen LogP contribution < -0.4 is 11.1 Å². The number of hydrogen-bond donors (Lipinski definition) is 2. The van der Waals surface area contributed by atoms with Crippen molar-refractivity contribution in [2.24, 2.45) is 0 Å². The average Bonchev–Trinajstić information content (AvgIpc) is 2.69. The molecule has 1 rings (SSSR count). The molecule has 1 atom stereocenters. The van der Waals surface area contributed by atoms with Crippen molar-refractivity contribution in [1.29, 1.82) is 0 Å². The zero-order valence-electron chi connectivity index (χ0n) is 11.2. The minimum absolute atomic E-state index is 0.0746. The van der Waals surface area contributed by atoms with E-state index in [0.717, 1.165) is 0 Å². The maximum atomic E-state index is 11.4. The number of aliphatic carboxylic acids is 1. The fourth-order valence-electron chi connectivity index (χ4n) is 1.24. The number of carboxylic acid groups (broad SMARTS) is 1. The van der Waals surface area contributed by atoms with E-state index < -0.39 is 29.0 Å².